The first kappa shape index (κ1) is 16.8. The topological polar surface area (TPSA) is 84.5 Å². The molecule has 1 saturated carbocycles. The van der Waals surface area contributed by atoms with E-state index in [1.165, 1.54) is 20.0 Å². The fourth-order valence-corrected chi connectivity index (χ4v) is 3.10. The first-order valence-electron chi connectivity index (χ1n) is 8.04. The molecule has 1 aliphatic carbocycles. The molecule has 1 heterocycles. The lowest BCUT2D eigenvalue weighted by molar-refractivity contribution is -0.151. The third kappa shape index (κ3) is 3.99. The molecule has 22 heavy (non-hydrogen) atoms. The van der Waals surface area contributed by atoms with Crippen LogP contribution in [-0.4, -0.2) is 37.0 Å². The first-order chi connectivity index (χ1) is 10.4. The van der Waals surface area contributed by atoms with Gasteiger partial charge in [-0.05, 0) is 32.1 Å². The first-order valence-corrected chi connectivity index (χ1v) is 8.04. The largest absolute Gasteiger partial charge is 0.467 e. The Morgan fingerprint density at radius 3 is 2.59 bits per heavy atom. The fraction of sp³-hybridized carbons (Fsp3) is 0.812. The van der Waals surface area contributed by atoms with E-state index < -0.39 is 11.5 Å². The minimum absolute atomic E-state index is 0.0598. The lowest BCUT2D eigenvalue weighted by Crippen LogP contribution is -2.55. The third-order valence-electron chi connectivity index (χ3n) is 4.68. The van der Waals surface area contributed by atoms with E-state index in [0.717, 1.165) is 6.42 Å². The number of carbonyl (C=O) groups excluding carboxylic acids is 3. The fourth-order valence-electron chi connectivity index (χ4n) is 3.10. The maximum atomic E-state index is 12.4. The maximum Gasteiger partial charge on any atom is 0.331 e. The van der Waals surface area contributed by atoms with E-state index in [-0.39, 0.29) is 30.1 Å². The Kier molecular flexibility index (Phi) is 5.08. The summed E-state index contributed by atoms with van der Waals surface area (Å²) in [6.45, 7) is 4.15. The van der Waals surface area contributed by atoms with E-state index in [9.17, 15) is 14.4 Å². The Hall–Kier alpha value is -1.59. The second-order valence-electron chi connectivity index (χ2n) is 6.87. The Balaban J connectivity index is 2.01. The van der Waals surface area contributed by atoms with Crippen LogP contribution in [0.3, 0.4) is 0 Å². The summed E-state index contributed by atoms with van der Waals surface area (Å²) in [5.74, 6) is -0.449. The molecule has 0 spiro atoms. The Morgan fingerprint density at radius 2 is 2.09 bits per heavy atom. The van der Waals surface area contributed by atoms with Gasteiger partial charge in [-0.1, -0.05) is 19.8 Å². The molecule has 3 atom stereocenters. The number of amides is 2. The summed E-state index contributed by atoms with van der Waals surface area (Å²) >= 11 is 0. The average Bonchev–Trinajstić information content (AvgIpc) is 3.20. The minimum Gasteiger partial charge on any atom is -0.467 e. The lowest BCUT2D eigenvalue weighted by Gasteiger charge is -2.31. The summed E-state index contributed by atoms with van der Waals surface area (Å²) in [5.41, 5.74) is -1.16. The standard InChI is InChI=1S/C16H26N2O4/c1-10(8-11-4-5-11)13(19)18-16(2,15(21)22-3)9-12-6-7-17-14(12)20/h10-12H,4-9H2,1-3H3,(H,17,20)(H,18,19)/t10-,12?,16-/m0/s1. The van der Waals surface area contributed by atoms with Gasteiger partial charge >= 0.3 is 5.97 Å². The second-order valence-corrected chi connectivity index (χ2v) is 6.87. The SMILES string of the molecule is COC(=O)[C@](C)(CC1CCNC1=O)NC(=O)[C@@H](C)CC1CC1. The molecule has 2 rings (SSSR count). The summed E-state index contributed by atoms with van der Waals surface area (Å²) in [5, 5.41) is 5.59. The molecule has 2 N–H and O–H groups in total. The van der Waals surface area contributed by atoms with Gasteiger partial charge in [0.2, 0.25) is 11.8 Å². The molecule has 0 bridgehead atoms. The molecule has 124 valence electrons. The summed E-state index contributed by atoms with van der Waals surface area (Å²) in [6.07, 6.45) is 4.18. The number of hydrogen-bond acceptors (Lipinski definition) is 4. The zero-order valence-corrected chi connectivity index (χ0v) is 13.6. The predicted molar refractivity (Wildman–Crippen MR) is 80.8 cm³/mol. The zero-order valence-electron chi connectivity index (χ0n) is 13.6. The molecule has 1 saturated heterocycles. The van der Waals surface area contributed by atoms with Crippen molar-refractivity contribution in [3.63, 3.8) is 0 Å². The number of hydrogen-bond donors (Lipinski definition) is 2. The summed E-state index contributed by atoms with van der Waals surface area (Å²) in [7, 11) is 1.30. The van der Waals surface area contributed by atoms with E-state index in [0.29, 0.717) is 18.9 Å². The van der Waals surface area contributed by atoms with Crippen molar-refractivity contribution >= 4 is 17.8 Å². The number of carbonyl (C=O) groups is 3. The van der Waals surface area contributed by atoms with Crippen LogP contribution < -0.4 is 10.6 Å². The van der Waals surface area contributed by atoms with Crippen LogP contribution in [0.1, 0.15) is 46.0 Å². The summed E-state index contributed by atoms with van der Waals surface area (Å²) in [6, 6.07) is 0. The van der Waals surface area contributed by atoms with Gasteiger partial charge in [0, 0.05) is 18.4 Å². The normalized spacial score (nSPS) is 25.0. The van der Waals surface area contributed by atoms with Gasteiger partial charge in [-0.25, -0.2) is 4.79 Å². The van der Waals surface area contributed by atoms with Gasteiger partial charge < -0.3 is 15.4 Å². The highest BCUT2D eigenvalue weighted by molar-refractivity contribution is 5.89. The maximum absolute atomic E-state index is 12.4. The van der Waals surface area contributed by atoms with E-state index >= 15 is 0 Å². The van der Waals surface area contributed by atoms with Crippen LogP contribution in [0.2, 0.25) is 0 Å². The summed E-state index contributed by atoms with van der Waals surface area (Å²) in [4.78, 5) is 36.3. The molecule has 0 aromatic heterocycles. The Labute approximate surface area is 131 Å². The Bertz CT molecular complexity index is 461. The van der Waals surface area contributed by atoms with Crippen LogP contribution in [0.4, 0.5) is 0 Å². The van der Waals surface area contributed by atoms with Crippen LogP contribution in [-0.2, 0) is 19.1 Å². The van der Waals surface area contributed by atoms with Crippen molar-refractivity contribution in [1.29, 1.82) is 0 Å². The van der Waals surface area contributed by atoms with Crippen LogP contribution >= 0.6 is 0 Å². The summed E-state index contributed by atoms with van der Waals surface area (Å²) < 4.78 is 4.85. The van der Waals surface area contributed by atoms with E-state index in [4.69, 9.17) is 4.74 Å². The van der Waals surface area contributed by atoms with Gasteiger partial charge in [0.15, 0.2) is 0 Å². The van der Waals surface area contributed by atoms with Crippen molar-refractivity contribution < 1.29 is 19.1 Å². The van der Waals surface area contributed by atoms with Gasteiger partial charge in [-0.2, -0.15) is 0 Å². The van der Waals surface area contributed by atoms with Gasteiger partial charge in [0.25, 0.3) is 0 Å². The monoisotopic (exact) mass is 310 g/mol. The molecular formula is C16H26N2O4. The molecule has 0 aromatic rings. The highest BCUT2D eigenvalue weighted by atomic mass is 16.5. The molecular weight excluding hydrogens is 284 g/mol. The van der Waals surface area contributed by atoms with Crippen LogP contribution in [0.5, 0.6) is 0 Å². The molecule has 2 amide bonds. The smallest absolute Gasteiger partial charge is 0.331 e. The molecule has 6 nitrogen and oxygen atoms in total. The average molecular weight is 310 g/mol. The van der Waals surface area contributed by atoms with Crippen molar-refractivity contribution in [3.8, 4) is 0 Å². The minimum atomic E-state index is -1.16. The third-order valence-corrected chi connectivity index (χ3v) is 4.68. The number of methoxy groups -OCH3 is 1. The highest BCUT2D eigenvalue weighted by Gasteiger charge is 2.42. The van der Waals surface area contributed by atoms with Gasteiger partial charge in [0.05, 0.1) is 7.11 Å². The van der Waals surface area contributed by atoms with E-state index in [1.807, 2.05) is 6.92 Å². The van der Waals surface area contributed by atoms with E-state index in [2.05, 4.69) is 10.6 Å². The van der Waals surface area contributed by atoms with Crippen molar-refractivity contribution in [3.05, 3.63) is 0 Å². The van der Waals surface area contributed by atoms with Crippen LogP contribution in [0, 0.1) is 17.8 Å². The lowest BCUT2D eigenvalue weighted by atomic mass is 9.87. The van der Waals surface area contributed by atoms with Crippen molar-refractivity contribution in [1.82, 2.24) is 10.6 Å². The molecule has 1 aliphatic heterocycles. The molecule has 1 unspecified atom stereocenters. The molecule has 0 aromatic carbocycles. The van der Waals surface area contributed by atoms with Crippen LogP contribution in [0.15, 0.2) is 0 Å². The van der Waals surface area contributed by atoms with Gasteiger partial charge in [0.1, 0.15) is 5.54 Å². The van der Waals surface area contributed by atoms with Crippen LogP contribution in [0.25, 0.3) is 0 Å². The van der Waals surface area contributed by atoms with Crippen molar-refractivity contribution in [2.24, 2.45) is 17.8 Å². The zero-order chi connectivity index (χ0) is 16.3. The quantitative estimate of drug-likeness (QED) is 0.687. The van der Waals surface area contributed by atoms with Gasteiger partial charge in [-0.15, -0.1) is 0 Å². The van der Waals surface area contributed by atoms with Gasteiger partial charge in [-0.3, -0.25) is 9.59 Å². The Morgan fingerprint density at radius 1 is 1.41 bits per heavy atom. The van der Waals surface area contributed by atoms with E-state index in [1.54, 1.807) is 6.92 Å². The second kappa shape index (κ2) is 6.67. The number of rotatable bonds is 7. The van der Waals surface area contributed by atoms with Crippen molar-refractivity contribution in [2.45, 2.75) is 51.5 Å². The highest BCUT2D eigenvalue weighted by Crippen LogP contribution is 2.35. The van der Waals surface area contributed by atoms with Crippen molar-refractivity contribution in [2.75, 3.05) is 13.7 Å². The number of esters is 1. The molecule has 0 radical (unpaired) electrons. The predicted octanol–water partition coefficient (Wildman–Crippen LogP) is 0.997. The molecule has 6 heteroatoms. The molecule has 2 fully saturated rings. The number of nitrogens with one attached hydrogen (secondary N) is 2. The molecule has 2 aliphatic rings. The number of ether oxygens (including phenoxy) is 1.